The zero-order valence-corrected chi connectivity index (χ0v) is 20.9. The van der Waals surface area contributed by atoms with Crippen LogP contribution in [0.5, 0.6) is 11.5 Å². The van der Waals surface area contributed by atoms with Crippen LogP contribution in [-0.2, 0) is 11.2 Å². The van der Waals surface area contributed by atoms with E-state index in [9.17, 15) is 4.79 Å². The van der Waals surface area contributed by atoms with Crippen LogP contribution in [-0.4, -0.2) is 34.6 Å². The maximum atomic E-state index is 12.3. The largest absolute Gasteiger partial charge is 0.456 e. The molecule has 0 spiro atoms. The Morgan fingerprint density at radius 3 is 2.92 bits per heavy atom. The third-order valence-corrected chi connectivity index (χ3v) is 6.96. The van der Waals surface area contributed by atoms with Gasteiger partial charge in [-0.25, -0.2) is 9.97 Å². The number of para-hydroxylation sites is 1. The number of aryl methyl sites for hydroxylation is 1. The second-order valence-corrected chi connectivity index (χ2v) is 9.52. The topological polar surface area (TPSA) is 92.4 Å². The van der Waals surface area contributed by atoms with E-state index in [1.54, 1.807) is 12.4 Å². The molecule has 4 aromatic rings. The smallest absolute Gasteiger partial charge is 0.271 e. The molecule has 1 saturated heterocycles. The van der Waals surface area contributed by atoms with Crippen LogP contribution in [0.1, 0.15) is 47.3 Å². The van der Waals surface area contributed by atoms with Crippen LogP contribution < -0.4 is 20.5 Å². The fourth-order valence-electron chi connectivity index (χ4n) is 5.10. The first kappa shape index (κ1) is 23.2. The van der Waals surface area contributed by atoms with Gasteiger partial charge >= 0.3 is 0 Å². The summed E-state index contributed by atoms with van der Waals surface area (Å²) in [5, 5.41) is 3.55. The van der Waals surface area contributed by atoms with Gasteiger partial charge in [-0.3, -0.25) is 4.79 Å². The van der Waals surface area contributed by atoms with Crippen molar-refractivity contribution in [2.45, 2.75) is 32.4 Å². The van der Waals surface area contributed by atoms with Gasteiger partial charge in [0.2, 0.25) is 0 Å². The number of morpholine rings is 1. The van der Waals surface area contributed by atoms with E-state index in [1.165, 1.54) is 0 Å². The first-order chi connectivity index (χ1) is 18.0. The van der Waals surface area contributed by atoms with Crippen molar-refractivity contribution in [3.8, 4) is 11.5 Å². The lowest BCUT2D eigenvalue weighted by Crippen LogP contribution is -2.41. The fraction of sp³-hybridized carbons (Fsp3) is 0.276. The van der Waals surface area contributed by atoms with Gasteiger partial charge in [-0.2, -0.15) is 0 Å². The monoisotopic (exact) mass is 495 g/mol. The summed E-state index contributed by atoms with van der Waals surface area (Å²) in [6, 6.07) is 18.1. The van der Waals surface area contributed by atoms with Gasteiger partial charge in [0.25, 0.3) is 5.56 Å². The number of H-pyrrole nitrogens is 1. The van der Waals surface area contributed by atoms with Crippen molar-refractivity contribution < 1.29 is 9.47 Å². The van der Waals surface area contributed by atoms with E-state index in [0.29, 0.717) is 25.4 Å². The van der Waals surface area contributed by atoms with Gasteiger partial charge in [-0.05, 0) is 55.8 Å². The summed E-state index contributed by atoms with van der Waals surface area (Å²) >= 11 is 0. The highest BCUT2D eigenvalue weighted by atomic mass is 16.5. The molecule has 0 amide bonds. The zero-order chi connectivity index (χ0) is 25.4. The predicted molar refractivity (Wildman–Crippen MR) is 143 cm³/mol. The van der Waals surface area contributed by atoms with Gasteiger partial charge in [0, 0.05) is 48.7 Å². The Morgan fingerprint density at radius 1 is 1.14 bits per heavy atom. The number of benzene rings is 2. The molecule has 8 nitrogen and oxygen atoms in total. The van der Waals surface area contributed by atoms with Crippen molar-refractivity contribution in [2.75, 3.05) is 29.9 Å². The summed E-state index contributed by atoms with van der Waals surface area (Å²) in [5.74, 6) is 2.47. The molecule has 2 atom stereocenters. The number of nitrogens with one attached hydrogen (secondary N) is 2. The first-order valence-electron chi connectivity index (χ1n) is 12.6. The van der Waals surface area contributed by atoms with E-state index in [1.807, 2.05) is 37.3 Å². The molecule has 4 heterocycles. The highest BCUT2D eigenvalue weighted by Gasteiger charge is 2.29. The van der Waals surface area contributed by atoms with Crippen LogP contribution in [0.3, 0.4) is 0 Å². The lowest BCUT2D eigenvalue weighted by Gasteiger charge is -2.35. The van der Waals surface area contributed by atoms with E-state index >= 15 is 0 Å². The minimum atomic E-state index is -0.192. The Hall–Kier alpha value is -4.17. The molecule has 0 aliphatic carbocycles. The molecule has 2 N–H and O–H groups in total. The minimum absolute atomic E-state index is 0.0476. The second kappa shape index (κ2) is 9.71. The van der Waals surface area contributed by atoms with E-state index < -0.39 is 0 Å². The van der Waals surface area contributed by atoms with Gasteiger partial charge in [-0.15, -0.1) is 0 Å². The van der Waals surface area contributed by atoms with Crippen LogP contribution in [0.15, 0.2) is 71.8 Å². The molecular formula is C29H29N5O3. The van der Waals surface area contributed by atoms with Crippen molar-refractivity contribution in [3.63, 3.8) is 0 Å². The van der Waals surface area contributed by atoms with Crippen LogP contribution in [0.2, 0.25) is 0 Å². The molecule has 37 heavy (non-hydrogen) atoms. The third kappa shape index (κ3) is 4.68. The lowest BCUT2D eigenvalue weighted by atomic mass is 9.95. The van der Waals surface area contributed by atoms with Crippen LogP contribution in [0.4, 0.5) is 11.4 Å². The normalized spacial score (nSPS) is 17.4. The van der Waals surface area contributed by atoms with Gasteiger partial charge in [0.15, 0.2) is 0 Å². The summed E-state index contributed by atoms with van der Waals surface area (Å²) in [5.41, 5.74) is 5.81. The minimum Gasteiger partial charge on any atom is -0.456 e. The van der Waals surface area contributed by atoms with Crippen molar-refractivity contribution in [2.24, 2.45) is 0 Å². The highest BCUT2D eigenvalue weighted by Crippen LogP contribution is 2.43. The number of nitrogens with zero attached hydrogens (tertiary/aromatic N) is 3. The summed E-state index contributed by atoms with van der Waals surface area (Å²) in [7, 11) is 0. The second-order valence-electron chi connectivity index (χ2n) is 9.52. The summed E-state index contributed by atoms with van der Waals surface area (Å²) < 4.78 is 12.6. The molecule has 0 bridgehead atoms. The number of aromatic nitrogens is 3. The molecule has 2 aromatic heterocycles. The molecular weight excluding hydrogens is 466 g/mol. The van der Waals surface area contributed by atoms with Gasteiger partial charge in [-0.1, -0.05) is 18.2 Å². The number of aromatic amines is 1. The fourth-order valence-corrected chi connectivity index (χ4v) is 5.10. The zero-order valence-electron chi connectivity index (χ0n) is 20.9. The molecule has 2 unspecified atom stereocenters. The number of hydrogen-bond acceptors (Lipinski definition) is 7. The summed E-state index contributed by atoms with van der Waals surface area (Å²) in [4.78, 5) is 25.9. The predicted octanol–water partition coefficient (Wildman–Crippen LogP) is 4.92. The van der Waals surface area contributed by atoms with E-state index in [-0.39, 0.29) is 17.7 Å². The molecule has 0 saturated carbocycles. The van der Waals surface area contributed by atoms with Crippen molar-refractivity contribution in [3.05, 3.63) is 106 Å². The number of rotatable bonds is 5. The Morgan fingerprint density at radius 2 is 2.05 bits per heavy atom. The Balaban J connectivity index is 1.22. The average Bonchev–Trinajstić information content (AvgIpc) is 2.92. The SMILES string of the molecule is Cc1nccc(C(C)Nc2ccc3c(c2)Cc2cccc(C4CN(c5ccc[nH]c5=O)CCO4)c2O3)n1. The number of fused-ring (bicyclic) bond motifs is 2. The molecule has 1 fully saturated rings. The van der Waals surface area contributed by atoms with E-state index in [4.69, 9.17) is 9.47 Å². The molecule has 0 radical (unpaired) electrons. The Kier molecular flexibility index (Phi) is 6.10. The molecule has 2 aliphatic heterocycles. The average molecular weight is 496 g/mol. The first-order valence-corrected chi connectivity index (χ1v) is 12.6. The van der Waals surface area contributed by atoms with Crippen molar-refractivity contribution in [1.82, 2.24) is 15.0 Å². The van der Waals surface area contributed by atoms with Crippen molar-refractivity contribution in [1.29, 1.82) is 0 Å². The molecule has 6 rings (SSSR count). The van der Waals surface area contributed by atoms with Crippen LogP contribution >= 0.6 is 0 Å². The number of ether oxygens (including phenoxy) is 2. The standard InChI is InChI=1S/C29H29N5O3/c1-18(24-10-12-30-19(2)33-24)32-22-8-9-26-21(16-22)15-20-5-3-6-23(28(20)37-26)27-17-34(13-14-36-27)25-7-4-11-31-29(25)35/h3-12,16,18,27,32H,13-15,17H2,1-2H3,(H,31,35). The number of anilines is 2. The number of pyridine rings is 1. The number of hydrogen-bond donors (Lipinski definition) is 2. The summed E-state index contributed by atoms with van der Waals surface area (Å²) in [6.45, 7) is 5.79. The molecule has 188 valence electrons. The molecule has 8 heteroatoms. The van der Waals surface area contributed by atoms with Crippen LogP contribution in [0.25, 0.3) is 0 Å². The van der Waals surface area contributed by atoms with Crippen molar-refractivity contribution >= 4 is 11.4 Å². The van der Waals surface area contributed by atoms with Gasteiger partial charge < -0.3 is 24.7 Å². The van der Waals surface area contributed by atoms with Gasteiger partial charge in [0.1, 0.15) is 29.1 Å². The maximum absolute atomic E-state index is 12.3. The maximum Gasteiger partial charge on any atom is 0.271 e. The van der Waals surface area contributed by atoms with E-state index in [2.05, 4.69) is 56.4 Å². The quantitative estimate of drug-likeness (QED) is 0.358. The molecule has 2 aromatic carbocycles. The third-order valence-electron chi connectivity index (χ3n) is 6.96. The Labute approximate surface area is 215 Å². The summed E-state index contributed by atoms with van der Waals surface area (Å²) in [6.07, 6.45) is 4.02. The van der Waals surface area contributed by atoms with Crippen LogP contribution in [0, 0.1) is 6.92 Å². The lowest BCUT2D eigenvalue weighted by molar-refractivity contribution is 0.0383. The highest BCUT2D eigenvalue weighted by molar-refractivity contribution is 5.59. The Bertz CT molecular complexity index is 1500. The molecule has 2 aliphatic rings. The van der Waals surface area contributed by atoms with E-state index in [0.717, 1.165) is 51.8 Å². The van der Waals surface area contributed by atoms with Gasteiger partial charge in [0.05, 0.1) is 18.3 Å².